The molecule has 12 nitrogen and oxygen atoms in total. The number of aromatic carboxylic acids is 3. The third-order valence-corrected chi connectivity index (χ3v) is 7.54. The number of nitrogens with zero attached hydrogens (tertiary/aromatic N) is 6. The van der Waals surface area contributed by atoms with E-state index in [-0.39, 0.29) is 17.1 Å². The first-order valence-electron chi connectivity index (χ1n) is 15.2. The molecule has 12 heteroatoms. The molecule has 0 saturated heterocycles. The van der Waals surface area contributed by atoms with E-state index in [2.05, 4.69) is 15.0 Å². The summed E-state index contributed by atoms with van der Waals surface area (Å²) in [4.78, 5) is 54.4. The second kappa shape index (κ2) is 15.8. The predicted octanol–water partition coefficient (Wildman–Crippen LogP) is 5.19. The van der Waals surface area contributed by atoms with E-state index in [1.807, 2.05) is 75.4 Å². The number of carboxylic acid groups (broad SMARTS) is 3. The second-order valence-electron chi connectivity index (χ2n) is 10.9. The van der Waals surface area contributed by atoms with Crippen LogP contribution in [0, 0.1) is 0 Å². The highest BCUT2D eigenvalue weighted by Gasteiger charge is 2.19. The number of hydrogen-bond donors (Lipinski definition) is 3. The van der Waals surface area contributed by atoms with E-state index in [0.29, 0.717) is 56.7 Å². The zero-order valence-electron chi connectivity index (χ0n) is 26.0. The first kappa shape index (κ1) is 33.1. The van der Waals surface area contributed by atoms with E-state index in [1.54, 1.807) is 36.4 Å². The maximum Gasteiger partial charge on any atom is 0.354 e. The monoisotopic (exact) mass is 646 g/mol. The minimum absolute atomic E-state index is 0.0779. The molecule has 0 aliphatic carbocycles. The van der Waals surface area contributed by atoms with Crippen molar-refractivity contribution in [2.45, 2.75) is 13.1 Å². The molecule has 0 radical (unpaired) electrons. The van der Waals surface area contributed by atoms with Gasteiger partial charge in [0.2, 0.25) is 0 Å². The van der Waals surface area contributed by atoms with E-state index in [4.69, 9.17) is 0 Å². The fourth-order valence-electron chi connectivity index (χ4n) is 5.14. The van der Waals surface area contributed by atoms with Crippen LogP contribution in [-0.2, 0) is 13.1 Å². The van der Waals surface area contributed by atoms with Gasteiger partial charge in [0.15, 0.2) is 17.1 Å². The fraction of sp³-hybridized carbons (Fsp3) is 0.167. The number of pyridine rings is 3. The molecule has 0 spiro atoms. The molecule has 3 aromatic heterocycles. The Morgan fingerprint density at radius 1 is 0.417 bits per heavy atom. The zero-order chi connectivity index (χ0) is 33.9. The number of anilines is 3. The number of hydrogen-bond acceptors (Lipinski definition) is 9. The quantitative estimate of drug-likeness (QED) is 0.129. The topological polar surface area (TPSA) is 160 Å². The van der Waals surface area contributed by atoms with Gasteiger partial charge in [0.1, 0.15) is 17.5 Å². The summed E-state index contributed by atoms with van der Waals surface area (Å²) in [5, 5.41) is 28.9. The maximum absolute atomic E-state index is 11.8. The van der Waals surface area contributed by atoms with Crippen molar-refractivity contribution in [2.24, 2.45) is 0 Å². The average Bonchev–Trinajstić information content (AvgIpc) is 3.11. The summed E-state index contributed by atoms with van der Waals surface area (Å²) < 4.78 is 0. The summed E-state index contributed by atoms with van der Waals surface area (Å²) in [5.41, 5.74) is 1.73. The van der Waals surface area contributed by atoms with E-state index in [0.717, 1.165) is 11.1 Å². The van der Waals surface area contributed by atoms with Gasteiger partial charge in [0.25, 0.3) is 0 Å². The molecule has 5 aromatic rings. The number of carboxylic acids is 3. The Hall–Kier alpha value is -6.30. The van der Waals surface area contributed by atoms with E-state index >= 15 is 0 Å². The molecule has 0 aliphatic heterocycles. The Morgan fingerprint density at radius 2 is 0.729 bits per heavy atom. The van der Waals surface area contributed by atoms with Gasteiger partial charge >= 0.3 is 17.9 Å². The lowest BCUT2D eigenvalue weighted by molar-refractivity contribution is 0.0680. The summed E-state index contributed by atoms with van der Waals surface area (Å²) in [5.74, 6) is -2.03. The molecular formula is C36H34N6O6. The Kier molecular flexibility index (Phi) is 10.9. The lowest BCUT2D eigenvalue weighted by Gasteiger charge is -2.32. The summed E-state index contributed by atoms with van der Waals surface area (Å²) >= 11 is 0. The number of rotatable bonds is 16. The molecule has 0 fully saturated rings. The lowest BCUT2D eigenvalue weighted by Crippen LogP contribution is -2.41. The van der Waals surface area contributed by atoms with Gasteiger partial charge in [-0.1, -0.05) is 78.9 Å². The minimum atomic E-state index is -1.16. The van der Waals surface area contributed by atoms with Gasteiger partial charge in [-0.2, -0.15) is 0 Å². The van der Waals surface area contributed by atoms with Crippen LogP contribution in [0.25, 0.3) is 0 Å². The van der Waals surface area contributed by atoms with Crippen molar-refractivity contribution in [3.8, 4) is 0 Å². The Labute approximate surface area is 277 Å². The highest BCUT2D eigenvalue weighted by atomic mass is 16.4. The predicted molar refractivity (Wildman–Crippen MR) is 181 cm³/mol. The van der Waals surface area contributed by atoms with Gasteiger partial charge in [0, 0.05) is 39.3 Å². The van der Waals surface area contributed by atoms with Crippen LogP contribution in [0.15, 0.2) is 115 Å². The second-order valence-corrected chi connectivity index (χ2v) is 10.9. The van der Waals surface area contributed by atoms with Crippen molar-refractivity contribution in [3.05, 3.63) is 143 Å². The fourth-order valence-corrected chi connectivity index (χ4v) is 5.14. The molecule has 48 heavy (non-hydrogen) atoms. The van der Waals surface area contributed by atoms with Crippen LogP contribution >= 0.6 is 0 Å². The molecule has 0 aliphatic rings. The van der Waals surface area contributed by atoms with Crippen molar-refractivity contribution < 1.29 is 29.7 Å². The standard InChI is InChI=1S/C36H34N6O6/c43-34(44)28-14-7-17-31(37-28)40(20-22-41(24-26-10-3-1-4-11-26)32-18-8-15-29(38-32)35(45)46)21-23-42(25-27-12-5-2-6-13-27)33-19-9-16-30(39-33)36(47)48/h1-19H,20-25H2,(H,43,44)(H,45,46)(H,47,48). The Morgan fingerprint density at radius 3 is 1.06 bits per heavy atom. The highest BCUT2D eigenvalue weighted by molar-refractivity contribution is 5.86. The van der Waals surface area contributed by atoms with Gasteiger partial charge in [-0.05, 0) is 47.5 Å². The van der Waals surface area contributed by atoms with Crippen LogP contribution in [0.1, 0.15) is 42.6 Å². The van der Waals surface area contributed by atoms with Gasteiger partial charge < -0.3 is 30.0 Å². The summed E-state index contributed by atoms with van der Waals surface area (Å²) in [6, 6.07) is 33.9. The number of carbonyl (C=O) groups is 3. The van der Waals surface area contributed by atoms with Crippen LogP contribution in [0.3, 0.4) is 0 Å². The number of aromatic nitrogens is 3. The SMILES string of the molecule is O=C(O)c1cccc(N(CCN(Cc2ccccc2)c2cccc(C(=O)O)n2)CCN(Cc2ccccc2)c2cccc(C(=O)O)n2)n1. The number of benzene rings is 2. The van der Waals surface area contributed by atoms with Gasteiger partial charge in [-0.15, -0.1) is 0 Å². The minimum Gasteiger partial charge on any atom is -0.477 e. The molecule has 0 amide bonds. The van der Waals surface area contributed by atoms with Crippen LogP contribution in [-0.4, -0.2) is 74.4 Å². The average molecular weight is 647 g/mol. The third-order valence-electron chi connectivity index (χ3n) is 7.54. The van der Waals surface area contributed by atoms with Crippen LogP contribution < -0.4 is 14.7 Å². The van der Waals surface area contributed by atoms with Gasteiger partial charge in [0.05, 0.1) is 0 Å². The summed E-state index contributed by atoms with van der Waals surface area (Å²) in [6.07, 6.45) is 0. The van der Waals surface area contributed by atoms with Gasteiger partial charge in [-0.3, -0.25) is 0 Å². The van der Waals surface area contributed by atoms with Crippen molar-refractivity contribution >= 4 is 35.4 Å². The highest BCUT2D eigenvalue weighted by Crippen LogP contribution is 2.20. The first-order valence-corrected chi connectivity index (χ1v) is 15.2. The molecule has 0 atom stereocenters. The van der Waals surface area contributed by atoms with Crippen LogP contribution in [0.2, 0.25) is 0 Å². The van der Waals surface area contributed by atoms with Crippen LogP contribution in [0.4, 0.5) is 17.5 Å². The third kappa shape index (κ3) is 8.91. The maximum atomic E-state index is 11.8. The normalized spacial score (nSPS) is 10.7. The van der Waals surface area contributed by atoms with Gasteiger partial charge in [-0.25, -0.2) is 29.3 Å². The molecule has 3 heterocycles. The molecule has 2 aromatic carbocycles. The summed E-state index contributed by atoms with van der Waals surface area (Å²) in [6.45, 7) is 2.39. The lowest BCUT2D eigenvalue weighted by atomic mass is 10.2. The molecule has 0 bridgehead atoms. The molecule has 5 rings (SSSR count). The zero-order valence-corrected chi connectivity index (χ0v) is 26.0. The van der Waals surface area contributed by atoms with E-state index in [9.17, 15) is 29.7 Å². The molecular weight excluding hydrogens is 612 g/mol. The van der Waals surface area contributed by atoms with E-state index in [1.165, 1.54) is 18.2 Å². The van der Waals surface area contributed by atoms with Crippen molar-refractivity contribution in [1.29, 1.82) is 0 Å². The smallest absolute Gasteiger partial charge is 0.354 e. The van der Waals surface area contributed by atoms with E-state index < -0.39 is 17.9 Å². The molecule has 244 valence electrons. The molecule has 0 unspecified atom stereocenters. The Balaban J connectivity index is 1.46. The summed E-state index contributed by atoms with van der Waals surface area (Å²) in [7, 11) is 0. The van der Waals surface area contributed by atoms with Crippen molar-refractivity contribution in [1.82, 2.24) is 15.0 Å². The Bertz CT molecular complexity index is 1750. The van der Waals surface area contributed by atoms with Crippen LogP contribution in [0.5, 0.6) is 0 Å². The van der Waals surface area contributed by atoms with Crippen molar-refractivity contribution in [2.75, 3.05) is 40.9 Å². The first-order chi connectivity index (χ1) is 23.3. The molecule has 3 N–H and O–H groups in total. The largest absolute Gasteiger partial charge is 0.477 e. The van der Waals surface area contributed by atoms with Crippen molar-refractivity contribution in [3.63, 3.8) is 0 Å². The molecule has 0 saturated carbocycles.